The first-order valence-corrected chi connectivity index (χ1v) is 8.47. The Kier molecular flexibility index (Phi) is 6.67. The molecule has 2 aromatic carbocycles. The molecule has 0 spiro atoms. The Morgan fingerprint density at radius 3 is 2.23 bits per heavy atom. The molecule has 0 aliphatic carbocycles. The molecule has 4 nitrogen and oxygen atoms in total. The van der Waals surface area contributed by atoms with Crippen molar-refractivity contribution in [1.82, 2.24) is 5.32 Å². The van der Waals surface area contributed by atoms with E-state index >= 15 is 0 Å². The number of hydrogen-bond donors (Lipinski definition) is 2. The maximum absolute atomic E-state index is 13.0. The summed E-state index contributed by atoms with van der Waals surface area (Å²) < 4.78 is 13.0. The van der Waals surface area contributed by atoms with Crippen molar-refractivity contribution >= 4 is 23.1 Å². The maximum Gasteiger partial charge on any atom is 0.248 e. The van der Waals surface area contributed by atoms with Crippen molar-refractivity contribution in [2.45, 2.75) is 33.2 Å². The van der Waals surface area contributed by atoms with E-state index in [2.05, 4.69) is 10.6 Å². The molecule has 136 valence electrons. The lowest BCUT2D eigenvalue weighted by molar-refractivity contribution is -0.121. The molecule has 2 aromatic rings. The van der Waals surface area contributed by atoms with Crippen LogP contribution in [0.15, 0.2) is 54.6 Å². The monoisotopic (exact) mass is 354 g/mol. The highest BCUT2D eigenvalue weighted by molar-refractivity contribution is 6.03. The van der Waals surface area contributed by atoms with Crippen LogP contribution in [-0.2, 0) is 16.0 Å². The van der Waals surface area contributed by atoms with Gasteiger partial charge in [0.1, 0.15) is 5.82 Å². The zero-order valence-corrected chi connectivity index (χ0v) is 15.2. The second-order valence-corrected chi connectivity index (χ2v) is 6.42. The molecule has 0 heterocycles. The normalized spacial score (nSPS) is 11.3. The predicted molar refractivity (Wildman–Crippen MR) is 102 cm³/mol. The molecule has 2 amide bonds. The van der Waals surface area contributed by atoms with E-state index in [1.807, 2.05) is 26.0 Å². The third kappa shape index (κ3) is 6.16. The van der Waals surface area contributed by atoms with Crippen LogP contribution in [-0.4, -0.2) is 17.9 Å². The predicted octanol–water partition coefficient (Wildman–Crippen LogP) is 3.93. The van der Waals surface area contributed by atoms with E-state index in [4.69, 9.17) is 0 Å². The molecule has 0 saturated carbocycles. The number of amides is 2. The van der Waals surface area contributed by atoms with Crippen molar-refractivity contribution in [2.75, 3.05) is 5.32 Å². The summed E-state index contributed by atoms with van der Waals surface area (Å²) in [5.41, 5.74) is 3.04. The summed E-state index contributed by atoms with van der Waals surface area (Å²) in [6.45, 7) is 5.62. The standard InChI is InChI=1S/C21H23FN2O2/c1-14(2)23-21(26)13-16-4-10-19(11-5-16)24-20(25)12-15(3)17-6-8-18(22)9-7-17/h4-12,14H,13H2,1-3H3,(H,23,26)(H,24,25)/b15-12-. The fraction of sp³-hybridized carbons (Fsp3) is 0.238. The molecule has 5 heteroatoms. The van der Waals surface area contributed by atoms with E-state index in [1.165, 1.54) is 18.2 Å². The fourth-order valence-corrected chi connectivity index (χ4v) is 2.44. The van der Waals surface area contributed by atoms with Gasteiger partial charge in [-0.2, -0.15) is 0 Å². The van der Waals surface area contributed by atoms with Crippen LogP contribution in [0.25, 0.3) is 5.57 Å². The van der Waals surface area contributed by atoms with Crippen molar-refractivity contribution in [3.63, 3.8) is 0 Å². The van der Waals surface area contributed by atoms with E-state index < -0.39 is 0 Å². The van der Waals surface area contributed by atoms with Gasteiger partial charge in [0.2, 0.25) is 11.8 Å². The van der Waals surface area contributed by atoms with Crippen LogP contribution in [0, 0.1) is 5.82 Å². The van der Waals surface area contributed by atoms with E-state index in [1.54, 1.807) is 31.2 Å². The Hall–Kier alpha value is -2.95. The van der Waals surface area contributed by atoms with Gasteiger partial charge >= 0.3 is 0 Å². The molecule has 0 aliphatic rings. The highest BCUT2D eigenvalue weighted by Gasteiger charge is 2.06. The van der Waals surface area contributed by atoms with Gasteiger partial charge in [0.15, 0.2) is 0 Å². The van der Waals surface area contributed by atoms with Gasteiger partial charge in [-0.3, -0.25) is 9.59 Å². The van der Waals surface area contributed by atoms with Crippen LogP contribution in [0.1, 0.15) is 31.9 Å². The van der Waals surface area contributed by atoms with E-state index in [0.717, 1.165) is 16.7 Å². The summed E-state index contributed by atoms with van der Waals surface area (Å²) in [5.74, 6) is -0.611. The Morgan fingerprint density at radius 2 is 1.65 bits per heavy atom. The molecular formula is C21H23FN2O2. The van der Waals surface area contributed by atoms with Crippen LogP contribution in [0.5, 0.6) is 0 Å². The molecule has 0 bridgehead atoms. The van der Waals surface area contributed by atoms with Crippen LogP contribution >= 0.6 is 0 Å². The average molecular weight is 354 g/mol. The van der Waals surface area contributed by atoms with Gasteiger partial charge in [-0.15, -0.1) is 0 Å². The Bertz CT molecular complexity index is 794. The SMILES string of the molecule is C/C(=C/C(=O)Nc1ccc(CC(=O)NC(C)C)cc1)c1ccc(F)cc1. The number of halogens is 1. The molecular weight excluding hydrogens is 331 g/mol. The maximum atomic E-state index is 13.0. The van der Waals surface area contributed by atoms with Crippen LogP contribution in [0.3, 0.4) is 0 Å². The number of allylic oxidation sites excluding steroid dienone is 1. The average Bonchev–Trinajstić information content (AvgIpc) is 2.56. The summed E-state index contributed by atoms with van der Waals surface area (Å²) in [6, 6.07) is 13.2. The van der Waals surface area contributed by atoms with Gasteiger partial charge in [-0.1, -0.05) is 24.3 Å². The number of hydrogen-bond acceptors (Lipinski definition) is 2. The van der Waals surface area contributed by atoms with Gasteiger partial charge in [-0.05, 0) is 61.7 Å². The number of benzene rings is 2. The third-order valence-electron chi connectivity index (χ3n) is 3.68. The molecule has 0 aromatic heterocycles. The molecule has 0 aliphatic heterocycles. The number of rotatable bonds is 6. The van der Waals surface area contributed by atoms with Crippen molar-refractivity contribution in [2.24, 2.45) is 0 Å². The first-order valence-electron chi connectivity index (χ1n) is 8.47. The van der Waals surface area contributed by atoms with Gasteiger partial charge in [0.05, 0.1) is 6.42 Å². The first kappa shape index (κ1) is 19.4. The highest BCUT2D eigenvalue weighted by atomic mass is 19.1. The van der Waals surface area contributed by atoms with E-state index in [-0.39, 0.29) is 23.7 Å². The molecule has 0 radical (unpaired) electrons. The van der Waals surface area contributed by atoms with Crippen molar-refractivity contribution in [3.05, 3.63) is 71.6 Å². The molecule has 26 heavy (non-hydrogen) atoms. The molecule has 0 unspecified atom stereocenters. The quantitative estimate of drug-likeness (QED) is 0.772. The van der Waals surface area contributed by atoms with E-state index in [9.17, 15) is 14.0 Å². The Morgan fingerprint density at radius 1 is 1.04 bits per heavy atom. The van der Waals surface area contributed by atoms with Crippen LogP contribution in [0.4, 0.5) is 10.1 Å². The molecule has 2 N–H and O–H groups in total. The van der Waals surface area contributed by atoms with Crippen molar-refractivity contribution < 1.29 is 14.0 Å². The number of carbonyl (C=O) groups is 2. The van der Waals surface area contributed by atoms with E-state index in [0.29, 0.717) is 12.1 Å². The largest absolute Gasteiger partial charge is 0.354 e. The minimum Gasteiger partial charge on any atom is -0.354 e. The second kappa shape index (κ2) is 8.94. The highest BCUT2D eigenvalue weighted by Crippen LogP contribution is 2.15. The van der Waals surface area contributed by atoms with Crippen molar-refractivity contribution in [3.8, 4) is 0 Å². The third-order valence-corrected chi connectivity index (χ3v) is 3.68. The molecule has 0 saturated heterocycles. The zero-order chi connectivity index (χ0) is 19.1. The summed E-state index contributed by atoms with van der Waals surface area (Å²) in [7, 11) is 0. The summed E-state index contributed by atoms with van der Waals surface area (Å²) in [4.78, 5) is 23.9. The topological polar surface area (TPSA) is 58.2 Å². The number of nitrogens with one attached hydrogen (secondary N) is 2. The Labute approximate surface area is 153 Å². The zero-order valence-electron chi connectivity index (χ0n) is 15.2. The molecule has 0 atom stereocenters. The van der Waals surface area contributed by atoms with Crippen molar-refractivity contribution in [1.29, 1.82) is 0 Å². The first-order chi connectivity index (χ1) is 12.3. The Balaban J connectivity index is 1.95. The van der Waals surface area contributed by atoms with Crippen LogP contribution < -0.4 is 10.6 Å². The lowest BCUT2D eigenvalue weighted by atomic mass is 10.1. The fourth-order valence-electron chi connectivity index (χ4n) is 2.44. The number of anilines is 1. The summed E-state index contributed by atoms with van der Waals surface area (Å²) in [6.07, 6.45) is 1.77. The van der Waals surface area contributed by atoms with Gasteiger partial charge in [0.25, 0.3) is 0 Å². The lowest BCUT2D eigenvalue weighted by Crippen LogP contribution is -2.31. The molecule has 0 fully saturated rings. The summed E-state index contributed by atoms with van der Waals surface area (Å²) in [5, 5.41) is 5.62. The minimum absolute atomic E-state index is 0.0327. The summed E-state index contributed by atoms with van der Waals surface area (Å²) >= 11 is 0. The smallest absolute Gasteiger partial charge is 0.248 e. The minimum atomic E-state index is -0.312. The van der Waals surface area contributed by atoms with Crippen LogP contribution in [0.2, 0.25) is 0 Å². The lowest BCUT2D eigenvalue weighted by Gasteiger charge is -2.09. The van der Waals surface area contributed by atoms with Gasteiger partial charge in [-0.25, -0.2) is 4.39 Å². The van der Waals surface area contributed by atoms with Gasteiger partial charge < -0.3 is 10.6 Å². The molecule has 2 rings (SSSR count). The second-order valence-electron chi connectivity index (χ2n) is 6.42. The number of carbonyl (C=O) groups excluding carboxylic acids is 2. The van der Waals surface area contributed by atoms with Gasteiger partial charge in [0, 0.05) is 17.8 Å².